The first-order valence-electron chi connectivity index (χ1n) is 5.79. The van der Waals surface area contributed by atoms with E-state index < -0.39 is 16.0 Å². The molecule has 1 aliphatic rings. The SMILES string of the molecule is COC(=O)c1ncsc1S(=O)(=O)N[C@@H]1CCCNC1.Cl. The Labute approximate surface area is 127 Å². The Kier molecular flexibility index (Phi) is 6.34. The average Bonchev–Trinajstić information content (AvgIpc) is 2.88. The fourth-order valence-corrected chi connectivity index (χ4v) is 4.30. The molecule has 0 amide bonds. The number of hydrogen-bond donors (Lipinski definition) is 2. The van der Waals surface area contributed by atoms with Crippen LogP contribution in [0.3, 0.4) is 0 Å². The highest BCUT2D eigenvalue weighted by Gasteiger charge is 2.29. The monoisotopic (exact) mass is 341 g/mol. The Balaban J connectivity index is 0.00000200. The van der Waals surface area contributed by atoms with Crippen molar-refractivity contribution in [1.82, 2.24) is 15.0 Å². The zero-order valence-corrected chi connectivity index (χ0v) is 13.2. The number of methoxy groups -OCH3 is 1. The van der Waals surface area contributed by atoms with Crippen LogP contribution < -0.4 is 10.0 Å². The van der Waals surface area contributed by atoms with Crippen LogP contribution in [0, 0.1) is 0 Å². The molecule has 2 rings (SSSR count). The van der Waals surface area contributed by atoms with Gasteiger partial charge in [0, 0.05) is 12.6 Å². The molecule has 1 aromatic rings. The van der Waals surface area contributed by atoms with E-state index in [4.69, 9.17) is 0 Å². The molecule has 20 heavy (non-hydrogen) atoms. The van der Waals surface area contributed by atoms with Crippen LogP contribution in [0.4, 0.5) is 0 Å². The number of rotatable bonds is 4. The minimum Gasteiger partial charge on any atom is -0.464 e. The molecular weight excluding hydrogens is 326 g/mol. The van der Waals surface area contributed by atoms with Gasteiger partial charge in [-0.25, -0.2) is 22.9 Å². The Morgan fingerprint density at radius 3 is 2.95 bits per heavy atom. The van der Waals surface area contributed by atoms with Crippen LogP contribution in [0.2, 0.25) is 0 Å². The van der Waals surface area contributed by atoms with Gasteiger partial charge in [0.1, 0.15) is 0 Å². The van der Waals surface area contributed by atoms with Crippen LogP contribution >= 0.6 is 23.7 Å². The largest absolute Gasteiger partial charge is 0.464 e. The zero-order chi connectivity index (χ0) is 13.9. The fraction of sp³-hybridized carbons (Fsp3) is 0.600. The lowest BCUT2D eigenvalue weighted by atomic mass is 10.1. The summed E-state index contributed by atoms with van der Waals surface area (Å²) in [7, 11) is -2.55. The summed E-state index contributed by atoms with van der Waals surface area (Å²) in [6, 6.07) is -0.161. The first-order valence-corrected chi connectivity index (χ1v) is 8.15. The number of halogens is 1. The number of nitrogens with zero attached hydrogens (tertiary/aromatic N) is 1. The molecule has 7 nitrogen and oxygen atoms in total. The number of carbonyl (C=O) groups is 1. The molecule has 0 bridgehead atoms. The third-order valence-electron chi connectivity index (χ3n) is 2.78. The van der Waals surface area contributed by atoms with Crippen molar-refractivity contribution in [3.05, 3.63) is 11.2 Å². The Hall–Kier alpha value is -0.740. The van der Waals surface area contributed by atoms with Gasteiger partial charge in [0.25, 0.3) is 10.0 Å². The zero-order valence-electron chi connectivity index (χ0n) is 10.8. The second kappa shape index (κ2) is 7.32. The molecule has 0 saturated carbocycles. The maximum Gasteiger partial charge on any atom is 0.358 e. The first-order chi connectivity index (χ1) is 9.04. The van der Waals surface area contributed by atoms with Crippen molar-refractivity contribution < 1.29 is 17.9 Å². The van der Waals surface area contributed by atoms with E-state index in [9.17, 15) is 13.2 Å². The number of aromatic nitrogens is 1. The average molecular weight is 342 g/mol. The van der Waals surface area contributed by atoms with E-state index in [1.54, 1.807) is 0 Å². The summed E-state index contributed by atoms with van der Waals surface area (Å²) in [6.45, 7) is 1.48. The van der Waals surface area contributed by atoms with Crippen LogP contribution in [0.15, 0.2) is 9.72 Å². The standard InChI is InChI=1S/C10H15N3O4S2.ClH/c1-17-9(14)8-10(18-6-12-8)19(15,16)13-7-3-2-4-11-5-7;/h6-7,11,13H,2-5H2,1H3;1H/t7-;/m1./s1. The Morgan fingerprint density at radius 1 is 1.60 bits per heavy atom. The maximum atomic E-state index is 12.2. The van der Waals surface area contributed by atoms with Crippen LogP contribution in [-0.2, 0) is 14.8 Å². The summed E-state index contributed by atoms with van der Waals surface area (Å²) in [4.78, 5) is 15.2. The second-order valence-electron chi connectivity index (χ2n) is 4.14. The lowest BCUT2D eigenvalue weighted by molar-refractivity contribution is 0.0590. The fourth-order valence-electron chi connectivity index (χ4n) is 1.88. The minimum absolute atomic E-state index is 0. The van der Waals surface area contributed by atoms with E-state index in [0.29, 0.717) is 6.54 Å². The number of ether oxygens (including phenoxy) is 1. The molecule has 1 aromatic heterocycles. The van der Waals surface area contributed by atoms with Gasteiger partial charge in [-0.1, -0.05) is 0 Å². The highest BCUT2D eigenvalue weighted by atomic mass is 35.5. The highest BCUT2D eigenvalue weighted by Crippen LogP contribution is 2.21. The molecule has 0 aromatic carbocycles. The highest BCUT2D eigenvalue weighted by molar-refractivity contribution is 7.91. The van der Waals surface area contributed by atoms with Gasteiger partial charge >= 0.3 is 5.97 Å². The van der Waals surface area contributed by atoms with Gasteiger partial charge in [0.15, 0.2) is 9.90 Å². The van der Waals surface area contributed by atoms with E-state index in [1.165, 1.54) is 12.6 Å². The number of piperidine rings is 1. The number of carbonyl (C=O) groups excluding carboxylic acids is 1. The Bertz CT molecular complexity index is 555. The molecule has 0 spiro atoms. The normalized spacial score (nSPS) is 19.1. The molecule has 1 atom stereocenters. The molecule has 0 radical (unpaired) electrons. The lowest BCUT2D eigenvalue weighted by Crippen LogP contribution is -2.45. The molecular formula is C10H16ClN3O4S2. The van der Waals surface area contributed by atoms with Gasteiger partial charge in [-0.3, -0.25) is 0 Å². The quantitative estimate of drug-likeness (QED) is 0.768. The number of nitrogens with one attached hydrogen (secondary N) is 2. The van der Waals surface area contributed by atoms with Crippen molar-refractivity contribution in [2.75, 3.05) is 20.2 Å². The molecule has 0 aliphatic carbocycles. The predicted octanol–water partition coefficient (Wildman–Crippen LogP) is 0.382. The topological polar surface area (TPSA) is 97.4 Å². The summed E-state index contributed by atoms with van der Waals surface area (Å²) in [6.07, 6.45) is 1.69. The summed E-state index contributed by atoms with van der Waals surface area (Å²) in [5.74, 6) is -0.747. The van der Waals surface area contributed by atoms with Gasteiger partial charge in [0.05, 0.1) is 12.6 Å². The summed E-state index contributed by atoms with van der Waals surface area (Å²) >= 11 is 0.906. The van der Waals surface area contributed by atoms with Gasteiger partial charge in [0.2, 0.25) is 0 Å². The Morgan fingerprint density at radius 2 is 2.35 bits per heavy atom. The number of sulfonamides is 1. The van der Waals surface area contributed by atoms with Crippen molar-refractivity contribution >= 4 is 39.7 Å². The van der Waals surface area contributed by atoms with E-state index in [2.05, 4.69) is 19.8 Å². The third kappa shape index (κ3) is 3.89. The number of hydrogen-bond acceptors (Lipinski definition) is 7. The van der Waals surface area contributed by atoms with Crippen LogP contribution in [-0.4, -0.2) is 45.6 Å². The van der Waals surface area contributed by atoms with Crippen molar-refractivity contribution in [3.8, 4) is 0 Å². The molecule has 0 unspecified atom stereocenters. The van der Waals surface area contributed by atoms with E-state index in [0.717, 1.165) is 30.7 Å². The van der Waals surface area contributed by atoms with Crippen molar-refractivity contribution in [3.63, 3.8) is 0 Å². The number of thiazole rings is 1. The molecule has 1 saturated heterocycles. The van der Waals surface area contributed by atoms with Crippen LogP contribution in [0.1, 0.15) is 23.3 Å². The maximum absolute atomic E-state index is 12.2. The molecule has 114 valence electrons. The molecule has 2 heterocycles. The lowest BCUT2D eigenvalue weighted by Gasteiger charge is -2.23. The van der Waals surface area contributed by atoms with E-state index >= 15 is 0 Å². The van der Waals surface area contributed by atoms with Gasteiger partial charge in [-0.15, -0.1) is 23.7 Å². The molecule has 2 N–H and O–H groups in total. The van der Waals surface area contributed by atoms with Gasteiger partial charge < -0.3 is 10.1 Å². The summed E-state index contributed by atoms with van der Waals surface area (Å²) < 4.78 is 31.5. The molecule has 1 aliphatic heterocycles. The summed E-state index contributed by atoms with van der Waals surface area (Å²) in [5.41, 5.74) is 1.16. The van der Waals surface area contributed by atoms with Crippen molar-refractivity contribution in [2.24, 2.45) is 0 Å². The van der Waals surface area contributed by atoms with Gasteiger partial charge in [-0.05, 0) is 19.4 Å². The van der Waals surface area contributed by atoms with Crippen LogP contribution in [0.25, 0.3) is 0 Å². The van der Waals surface area contributed by atoms with Crippen molar-refractivity contribution in [2.45, 2.75) is 23.1 Å². The third-order valence-corrected chi connectivity index (χ3v) is 5.67. The van der Waals surface area contributed by atoms with Gasteiger partial charge in [-0.2, -0.15) is 0 Å². The minimum atomic E-state index is -3.74. The first kappa shape index (κ1) is 17.3. The van der Waals surface area contributed by atoms with Crippen LogP contribution in [0.5, 0.6) is 0 Å². The second-order valence-corrected chi connectivity index (χ2v) is 6.91. The van der Waals surface area contributed by atoms with E-state index in [1.807, 2.05) is 0 Å². The number of esters is 1. The van der Waals surface area contributed by atoms with E-state index in [-0.39, 0.29) is 28.4 Å². The molecule has 1 fully saturated rings. The summed E-state index contributed by atoms with van der Waals surface area (Å²) in [5, 5.41) is 3.12. The van der Waals surface area contributed by atoms with Crippen molar-refractivity contribution in [1.29, 1.82) is 0 Å². The molecule has 10 heteroatoms. The smallest absolute Gasteiger partial charge is 0.358 e. The predicted molar refractivity (Wildman–Crippen MR) is 76.9 cm³/mol.